The predicted molar refractivity (Wildman–Crippen MR) is 58.8 cm³/mol. The fourth-order valence-electron chi connectivity index (χ4n) is 1.54. The Kier molecular flexibility index (Phi) is 4.71. The highest BCUT2D eigenvalue weighted by atomic mass is 19.1. The minimum absolute atomic E-state index is 0.0988. The predicted octanol–water partition coefficient (Wildman–Crippen LogP) is 2.03. The highest BCUT2D eigenvalue weighted by molar-refractivity contribution is 5.30. The molecule has 0 fully saturated rings. The lowest BCUT2D eigenvalue weighted by molar-refractivity contribution is 0.0110. The highest BCUT2D eigenvalue weighted by Gasteiger charge is 2.20. The van der Waals surface area contributed by atoms with Gasteiger partial charge in [0.1, 0.15) is 17.7 Å². The van der Waals surface area contributed by atoms with Crippen LogP contribution >= 0.6 is 0 Å². The number of halogens is 1. The Balaban J connectivity index is 2.87. The number of hydrogen-bond acceptors (Lipinski definition) is 3. The molecule has 0 radical (unpaired) electrons. The van der Waals surface area contributed by atoms with Crippen molar-refractivity contribution in [2.24, 2.45) is 0 Å². The van der Waals surface area contributed by atoms with Gasteiger partial charge >= 0.3 is 0 Å². The molecule has 4 heteroatoms. The lowest BCUT2D eigenvalue weighted by Crippen LogP contribution is -2.18. The number of ether oxygens (including phenoxy) is 1. The molecule has 0 spiro atoms. The fourth-order valence-corrected chi connectivity index (χ4v) is 1.54. The number of rotatable bonds is 5. The van der Waals surface area contributed by atoms with Crippen LogP contribution in [-0.4, -0.2) is 23.4 Å². The van der Waals surface area contributed by atoms with Crippen molar-refractivity contribution in [2.45, 2.75) is 32.0 Å². The van der Waals surface area contributed by atoms with Crippen molar-refractivity contribution in [3.8, 4) is 5.75 Å². The van der Waals surface area contributed by atoms with Gasteiger partial charge in [-0.1, -0.05) is 13.3 Å². The molecule has 0 bridgehead atoms. The summed E-state index contributed by atoms with van der Waals surface area (Å²) >= 11 is 0. The minimum Gasteiger partial charge on any atom is -0.497 e. The van der Waals surface area contributed by atoms with Crippen molar-refractivity contribution >= 4 is 0 Å². The van der Waals surface area contributed by atoms with Crippen molar-refractivity contribution in [1.29, 1.82) is 0 Å². The van der Waals surface area contributed by atoms with E-state index in [2.05, 4.69) is 0 Å². The highest BCUT2D eigenvalue weighted by Crippen LogP contribution is 2.25. The smallest absolute Gasteiger partial charge is 0.132 e. The summed E-state index contributed by atoms with van der Waals surface area (Å²) in [6.45, 7) is 1.89. The molecule has 1 aromatic carbocycles. The molecule has 0 aromatic heterocycles. The van der Waals surface area contributed by atoms with Crippen molar-refractivity contribution in [2.75, 3.05) is 7.11 Å². The second-order valence-electron chi connectivity index (χ2n) is 3.69. The molecular weight excluding hydrogens is 211 g/mol. The molecule has 0 saturated heterocycles. The lowest BCUT2D eigenvalue weighted by atomic mass is 10.0. The van der Waals surface area contributed by atoms with E-state index in [1.165, 1.54) is 19.2 Å². The first kappa shape index (κ1) is 12.9. The molecule has 0 heterocycles. The number of hydrogen-bond donors (Lipinski definition) is 2. The molecule has 2 atom stereocenters. The maximum absolute atomic E-state index is 13.5. The Labute approximate surface area is 94.5 Å². The van der Waals surface area contributed by atoms with Crippen molar-refractivity contribution in [3.05, 3.63) is 29.6 Å². The number of methoxy groups -OCH3 is 1. The van der Waals surface area contributed by atoms with E-state index in [9.17, 15) is 14.6 Å². The van der Waals surface area contributed by atoms with E-state index in [0.717, 1.165) is 6.42 Å². The van der Waals surface area contributed by atoms with E-state index in [1.807, 2.05) is 6.92 Å². The normalized spacial score (nSPS) is 14.6. The Morgan fingerprint density at radius 2 is 2.06 bits per heavy atom. The topological polar surface area (TPSA) is 49.7 Å². The van der Waals surface area contributed by atoms with Gasteiger partial charge in [0.15, 0.2) is 0 Å². The van der Waals surface area contributed by atoms with Crippen LogP contribution in [0.5, 0.6) is 5.75 Å². The average Bonchev–Trinajstić information content (AvgIpc) is 2.28. The minimum atomic E-state index is -1.19. The second-order valence-corrected chi connectivity index (χ2v) is 3.69. The quantitative estimate of drug-likeness (QED) is 0.810. The van der Waals surface area contributed by atoms with Crippen LogP contribution in [0.4, 0.5) is 4.39 Å². The van der Waals surface area contributed by atoms with E-state index in [4.69, 9.17) is 4.74 Å². The molecule has 0 aliphatic rings. The maximum atomic E-state index is 13.5. The van der Waals surface area contributed by atoms with Crippen LogP contribution in [0.2, 0.25) is 0 Å². The standard InChI is InChI=1S/C12H17FO3/c1-3-4-11(14)12(15)9-6-5-8(16-2)7-10(9)13/h5-7,11-12,14-15H,3-4H2,1-2H3. The van der Waals surface area contributed by atoms with Crippen molar-refractivity contribution in [1.82, 2.24) is 0 Å². The van der Waals surface area contributed by atoms with Gasteiger partial charge in [-0.25, -0.2) is 4.39 Å². The van der Waals surface area contributed by atoms with Gasteiger partial charge in [-0.15, -0.1) is 0 Å². The summed E-state index contributed by atoms with van der Waals surface area (Å²) < 4.78 is 18.4. The third-order valence-corrected chi connectivity index (χ3v) is 2.48. The average molecular weight is 228 g/mol. The zero-order valence-electron chi connectivity index (χ0n) is 9.48. The Bertz CT molecular complexity index is 341. The third-order valence-electron chi connectivity index (χ3n) is 2.48. The first-order valence-electron chi connectivity index (χ1n) is 5.29. The third kappa shape index (κ3) is 2.93. The van der Waals surface area contributed by atoms with Crippen LogP contribution < -0.4 is 4.74 Å². The summed E-state index contributed by atoms with van der Waals surface area (Å²) in [4.78, 5) is 0. The van der Waals surface area contributed by atoms with Crippen LogP contribution in [-0.2, 0) is 0 Å². The van der Waals surface area contributed by atoms with Crippen LogP contribution in [0.25, 0.3) is 0 Å². The van der Waals surface area contributed by atoms with E-state index in [1.54, 1.807) is 6.07 Å². The van der Waals surface area contributed by atoms with Gasteiger partial charge in [0.25, 0.3) is 0 Å². The molecular formula is C12H17FO3. The first-order chi connectivity index (χ1) is 7.60. The Morgan fingerprint density at radius 3 is 2.56 bits per heavy atom. The number of aliphatic hydroxyl groups excluding tert-OH is 2. The van der Waals surface area contributed by atoms with Crippen molar-refractivity contribution in [3.63, 3.8) is 0 Å². The van der Waals surface area contributed by atoms with Gasteiger partial charge in [-0.3, -0.25) is 0 Å². The van der Waals surface area contributed by atoms with E-state index in [0.29, 0.717) is 12.2 Å². The van der Waals surface area contributed by atoms with Gasteiger partial charge < -0.3 is 14.9 Å². The summed E-state index contributed by atoms with van der Waals surface area (Å²) in [5.41, 5.74) is 0.0988. The van der Waals surface area contributed by atoms with Gasteiger partial charge in [0, 0.05) is 11.6 Å². The number of benzene rings is 1. The van der Waals surface area contributed by atoms with Crippen LogP contribution in [0.1, 0.15) is 31.4 Å². The SMILES string of the molecule is CCCC(O)C(O)c1ccc(OC)cc1F. The van der Waals surface area contributed by atoms with Crippen LogP contribution in [0.15, 0.2) is 18.2 Å². The molecule has 0 aliphatic carbocycles. The molecule has 90 valence electrons. The van der Waals surface area contributed by atoms with Gasteiger partial charge in [-0.2, -0.15) is 0 Å². The van der Waals surface area contributed by atoms with E-state index >= 15 is 0 Å². The molecule has 2 unspecified atom stereocenters. The summed E-state index contributed by atoms with van der Waals surface area (Å²) in [6.07, 6.45) is -0.957. The molecule has 1 aromatic rings. The molecule has 2 N–H and O–H groups in total. The maximum Gasteiger partial charge on any atom is 0.132 e. The van der Waals surface area contributed by atoms with Crippen molar-refractivity contribution < 1.29 is 19.3 Å². The summed E-state index contributed by atoms with van der Waals surface area (Å²) in [5.74, 6) is -0.180. The van der Waals surface area contributed by atoms with Gasteiger partial charge in [-0.05, 0) is 18.6 Å². The fraction of sp³-hybridized carbons (Fsp3) is 0.500. The second kappa shape index (κ2) is 5.82. The van der Waals surface area contributed by atoms with Crippen LogP contribution in [0.3, 0.4) is 0 Å². The summed E-state index contributed by atoms with van der Waals surface area (Å²) in [7, 11) is 1.44. The van der Waals surface area contributed by atoms with Gasteiger partial charge in [0.2, 0.25) is 0 Å². The van der Waals surface area contributed by atoms with E-state index < -0.39 is 18.0 Å². The zero-order valence-corrected chi connectivity index (χ0v) is 9.48. The Morgan fingerprint density at radius 1 is 1.38 bits per heavy atom. The molecule has 16 heavy (non-hydrogen) atoms. The summed E-state index contributed by atoms with van der Waals surface area (Å²) in [6, 6.07) is 4.18. The zero-order chi connectivity index (χ0) is 12.1. The molecule has 1 rings (SSSR count). The van der Waals surface area contributed by atoms with Crippen LogP contribution in [0, 0.1) is 5.82 Å². The molecule has 0 saturated carbocycles. The Hall–Kier alpha value is -1.13. The molecule has 0 amide bonds. The largest absolute Gasteiger partial charge is 0.497 e. The molecule has 3 nitrogen and oxygen atoms in total. The lowest BCUT2D eigenvalue weighted by Gasteiger charge is -2.18. The van der Waals surface area contributed by atoms with Gasteiger partial charge in [0.05, 0.1) is 13.2 Å². The molecule has 0 aliphatic heterocycles. The number of aliphatic hydroxyl groups is 2. The monoisotopic (exact) mass is 228 g/mol. The first-order valence-corrected chi connectivity index (χ1v) is 5.29. The van der Waals surface area contributed by atoms with E-state index in [-0.39, 0.29) is 5.56 Å². The summed E-state index contributed by atoms with van der Waals surface area (Å²) in [5, 5.41) is 19.3.